The van der Waals surface area contributed by atoms with Gasteiger partial charge in [-0.05, 0) is 65.6 Å². The van der Waals surface area contributed by atoms with Gasteiger partial charge in [0.1, 0.15) is 0 Å². The third kappa shape index (κ3) is 5.57. The van der Waals surface area contributed by atoms with Crippen LogP contribution in [0, 0.1) is 0 Å². The molecule has 2 N–H and O–H groups in total. The van der Waals surface area contributed by atoms with Gasteiger partial charge in [-0.1, -0.05) is 23.7 Å². The number of piperidine rings is 1. The number of thiazole rings is 1. The molecule has 9 nitrogen and oxygen atoms in total. The lowest BCUT2D eigenvalue weighted by atomic mass is 10.1. The number of carbonyl (C=O) groups excluding carboxylic acids is 2. The van der Waals surface area contributed by atoms with Gasteiger partial charge in [-0.15, -0.1) is 0 Å². The lowest BCUT2D eigenvalue weighted by Crippen LogP contribution is -2.58. The first-order chi connectivity index (χ1) is 18.1. The summed E-state index contributed by atoms with van der Waals surface area (Å²) in [5.74, 6) is -0.969. The molecular formula is C26H32ClN4O5S2+. The van der Waals surface area contributed by atoms with Crippen molar-refractivity contribution in [1.82, 2.24) is 14.4 Å². The van der Waals surface area contributed by atoms with E-state index in [0.717, 1.165) is 30.0 Å². The van der Waals surface area contributed by atoms with E-state index in [1.165, 1.54) is 11.3 Å². The molecule has 3 aromatic rings. The molecule has 1 saturated heterocycles. The van der Waals surface area contributed by atoms with E-state index in [1.807, 2.05) is 0 Å². The molecule has 2 amide bonds. The molecule has 0 unspecified atom stereocenters. The van der Waals surface area contributed by atoms with E-state index in [2.05, 4.69) is 10.3 Å². The maximum absolute atomic E-state index is 13.9. The lowest BCUT2D eigenvalue weighted by Gasteiger charge is -2.37. The second-order valence-electron chi connectivity index (χ2n) is 9.39. The molecule has 0 radical (unpaired) electrons. The topological polar surface area (TPSA) is 118 Å². The van der Waals surface area contributed by atoms with Crippen molar-refractivity contribution in [2.75, 3.05) is 39.0 Å². The Hall–Kier alpha value is -2.57. The minimum Gasteiger partial charge on any atom is -0.395 e. The molecule has 0 saturated carbocycles. The Morgan fingerprint density at radius 3 is 2.50 bits per heavy atom. The fourth-order valence-electron chi connectivity index (χ4n) is 4.99. The molecule has 1 aromatic heterocycles. The van der Waals surface area contributed by atoms with Gasteiger partial charge >= 0.3 is 5.91 Å². The number of halogens is 1. The highest BCUT2D eigenvalue weighted by Gasteiger charge is 2.45. The SMILES string of the molecule is C/N=c1\sc([N+]2(C(=O)CCS(=O)(=O)c3ccc4cc(Cl)ccc4c3)CCCCC2)c(C(=O)NCCO)n1C. The first kappa shape index (κ1) is 28.4. The van der Waals surface area contributed by atoms with Crippen LogP contribution < -0.4 is 14.6 Å². The number of rotatable bonds is 8. The summed E-state index contributed by atoms with van der Waals surface area (Å²) in [5.41, 5.74) is 0.315. The summed E-state index contributed by atoms with van der Waals surface area (Å²) in [4.78, 5) is 32.1. The highest BCUT2D eigenvalue weighted by Crippen LogP contribution is 2.36. The second-order valence-corrected chi connectivity index (χ2v) is 12.9. The molecule has 1 aliphatic heterocycles. The summed E-state index contributed by atoms with van der Waals surface area (Å²) in [5, 5.41) is 14.6. The van der Waals surface area contributed by atoms with Crippen LogP contribution in [-0.4, -0.2) is 68.9 Å². The number of hydrogen-bond acceptors (Lipinski definition) is 7. The Kier molecular flexibility index (Phi) is 8.73. The summed E-state index contributed by atoms with van der Waals surface area (Å²) in [6, 6.07) is 10.1. The van der Waals surface area contributed by atoms with E-state index >= 15 is 0 Å². The third-order valence-corrected chi connectivity index (χ3v) is 10.3. The first-order valence-corrected chi connectivity index (χ1v) is 15.3. The zero-order valence-electron chi connectivity index (χ0n) is 21.4. The minimum absolute atomic E-state index is 0.0802. The van der Waals surface area contributed by atoms with Crippen molar-refractivity contribution in [3.8, 4) is 0 Å². The van der Waals surface area contributed by atoms with Crippen LogP contribution in [0.4, 0.5) is 5.00 Å². The number of nitrogens with one attached hydrogen (secondary N) is 1. The van der Waals surface area contributed by atoms with E-state index < -0.39 is 15.7 Å². The Labute approximate surface area is 230 Å². The van der Waals surface area contributed by atoms with E-state index in [1.54, 1.807) is 55.1 Å². The van der Waals surface area contributed by atoms with Crippen LogP contribution in [0.1, 0.15) is 36.2 Å². The minimum atomic E-state index is -3.74. The summed E-state index contributed by atoms with van der Waals surface area (Å²) < 4.78 is 28.1. The monoisotopic (exact) mass is 579 g/mol. The summed E-state index contributed by atoms with van der Waals surface area (Å²) in [6.07, 6.45) is 2.34. The molecule has 2 heterocycles. The second kappa shape index (κ2) is 11.7. The largest absolute Gasteiger partial charge is 0.395 e. The number of carbonyl (C=O) groups is 2. The van der Waals surface area contributed by atoms with Crippen molar-refractivity contribution in [2.45, 2.75) is 30.6 Å². The van der Waals surface area contributed by atoms with Crippen LogP contribution in [0.5, 0.6) is 0 Å². The summed E-state index contributed by atoms with van der Waals surface area (Å²) in [7, 11) is -0.399. The van der Waals surface area contributed by atoms with Gasteiger partial charge in [0.05, 0.1) is 36.8 Å². The third-order valence-electron chi connectivity index (χ3n) is 6.98. The lowest BCUT2D eigenvalue weighted by molar-refractivity contribution is -0.130. The standard InChI is InChI=1S/C26H31ClN4O5S2/c1-28-26-30(2)23(24(34)29-11-14-32)25(37-26)31(12-4-3-5-13-31)22(33)10-15-38(35,36)21-9-7-18-16-20(27)8-6-19(18)17-21/h6-9,16-17,32H,3-5,10-15H2,1-2H3/p+1/b28-26-. The van der Waals surface area contributed by atoms with Crippen LogP contribution >= 0.6 is 22.9 Å². The number of aromatic nitrogens is 1. The molecule has 0 atom stereocenters. The zero-order valence-corrected chi connectivity index (χ0v) is 23.8. The predicted octanol–water partition coefficient (Wildman–Crippen LogP) is 3.03. The van der Waals surface area contributed by atoms with Crippen molar-refractivity contribution < 1.29 is 23.1 Å². The van der Waals surface area contributed by atoms with Gasteiger partial charge in [-0.2, -0.15) is 0 Å². The average Bonchev–Trinajstić information content (AvgIpc) is 3.27. The maximum Gasteiger partial charge on any atom is 0.320 e. The molecule has 0 aliphatic carbocycles. The smallest absolute Gasteiger partial charge is 0.320 e. The number of nitrogens with zero attached hydrogens (tertiary/aromatic N) is 3. The molecular weight excluding hydrogens is 548 g/mol. The van der Waals surface area contributed by atoms with E-state index in [0.29, 0.717) is 33.6 Å². The van der Waals surface area contributed by atoms with Gasteiger partial charge in [-0.3, -0.25) is 9.79 Å². The van der Waals surface area contributed by atoms with Crippen molar-refractivity contribution in [3.05, 3.63) is 51.9 Å². The highest BCUT2D eigenvalue weighted by molar-refractivity contribution is 7.91. The molecule has 0 spiro atoms. The van der Waals surface area contributed by atoms with Gasteiger partial charge in [-0.25, -0.2) is 17.7 Å². The number of benzene rings is 2. The number of likely N-dealkylation sites (tertiary alicyclic amines) is 1. The summed E-state index contributed by atoms with van der Waals surface area (Å²) in [6.45, 7) is 0.842. The van der Waals surface area contributed by atoms with Crippen LogP contribution in [0.3, 0.4) is 0 Å². The molecule has 1 fully saturated rings. The quantitative estimate of drug-likeness (QED) is 0.398. The molecule has 204 valence electrons. The molecule has 1 aliphatic rings. The van der Waals surface area contributed by atoms with E-state index in [-0.39, 0.29) is 40.6 Å². The van der Waals surface area contributed by atoms with Crippen LogP contribution in [-0.2, 0) is 21.7 Å². The number of aliphatic hydroxyl groups is 1. The number of fused-ring (bicyclic) bond motifs is 1. The van der Waals surface area contributed by atoms with Gasteiger partial charge < -0.3 is 15.0 Å². The normalized spacial score (nSPS) is 16.1. The van der Waals surface area contributed by atoms with Crippen molar-refractivity contribution >= 4 is 60.4 Å². The van der Waals surface area contributed by atoms with Crippen molar-refractivity contribution in [1.29, 1.82) is 0 Å². The Balaban J connectivity index is 1.67. The Morgan fingerprint density at radius 2 is 1.82 bits per heavy atom. The zero-order chi connectivity index (χ0) is 27.5. The molecule has 0 bridgehead atoms. The molecule has 2 aromatic carbocycles. The fraction of sp³-hybridized carbons (Fsp3) is 0.423. The maximum atomic E-state index is 13.9. The van der Waals surface area contributed by atoms with Crippen molar-refractivity contribution in [3.63, 3.8) is 0 Å². The fourth-order valence-corrected chi connectivity index (χ4v) is 7.71. The number of hydrogen-bond donors (Lipinski definition) is 2. The van der Waals surface area contributed by atoms with E-state index in [4.69, 9.17) is 11.6 Å². The number of aliphatic hydroxyl groups excluding tert-OH is 1. The average molecular weight is 580 g/mol. The summed E-state index contributed by atoms with van der Waals surface area (Å²) >= 11 is 7.32. The van der Waals surface area contributed by atoms with Gasteiger partial charge in [0, 0.05) is 25.7 Å². The van der Waals surface area contributed by atoms with Crippen LogP contribution in [0.2, 0.25) is 5.02 Å². The number of sulfone groups is 1. The van der Waals surface area contributed by atoms with Gasteiger partial charge in [0.15, 0.2) is 20.3 Å². The van der Waals surface area contributed by atoms with Crippen LogP contribution in [0.15, 0.2) is 46.3 Å². The Bertz CT molecular complexity index is 1540. The number of quaternary nitrogens is 1. The molecule has 38 heavy (non-hydrogen) atoms. The number of amides is 2. The predicted molar refractivity (Wildman–Crippen MR) is 150 cm³/mol. The van der Waals surface area contributed by atoms with Gasteiger partial charge in [0.25, 0.3) is 5.91 Å². The molecule has 4 rings (SSSR count). The van der Waals surface area contributed by atoms with Crippen LogP contribution in [0.25, 0.3) is 10.8 Å². The highest BCUT2D eigenvalue weighted by atomic mass is 35.5. The molecule has 12 heteroatoms. The Morgan fingerprint density at radius 1 is 1.13 bits per heavy atom. The van der Waals surface area contributed by atoms with Gasteiger partial charge in [0.2, 0.25) is 5.00 Å². The van der Waals surface area contributed by atoms with E-state index in [9.17, 15) is 23.1 Å². The van der Waals surface area contributed by atoms with Crippen molar-refractivity contribution in [2.24, 2.45) is 12.0 Å². The first-order valence-electron chi connectivity index (χ1n) is 12.5.